The average molecular weight is 300 g/mol. The zero-order valence-electron chi connectivity index (χ0n) is 12.7. The van der Waals surface area contributed by atoms with Gasteiger partial charge >= 0.3 is 0 Å². The maximum atomic E-state index is 12.4. The number of amides is 1. The summed E-state index contributed by atoms with van der Waals surface area (Å²) in [6.45, 7) is 4.91. The number of carbonyl (C=O) groups is 1. The first-order valence-electron chi connectivity index (χ1n) is 7.19. The topological polar surface area (TPSA) is 37.3 Å². The van der Waals surface area contributed by atoms with Crippen LogP contribution in [0.1, 0.15) is 35.4 Å². The van der Waals surface area contributed by atoms with E-state index in [1.165, 1.54) is 6.42 Å². The Morgan fingerprint density at radius 2 is 2.00 bits per heavy atom. The predicted molar refractivity (Wildman–Crippen MR) is 84.6 cm³/mol. The molecular formula is C15H26ClN3O. The number of hydrogen-bond donors (Lipinski definition) is 1. The minimum Gasteiger partial charge on any atom is -0.344 e. The number of nitrogens with zero attached hydrogens (tertiary/aromatic N) is 2. The van der Waals surface area contributed by atoms with Crippen LogP contribution in [0.3, 0.4) is 0 Å². The monoisotopic (exact) mass is 299 g/mol. The molecule has 1 aromatic rings. The van der Waals surface area contributed by atoms with Gasteiger partial charge in [-0.15, -0.1) is 12.4 Å². The number of aryl methyl sites for hydroxylation is 1. The molecule has 0 aromatic carbocycles. The lowest BCUT2D eigenvalue weighted by Crippen LogP contribution is -2.39. The molecule has 0 unspecified atom stereocenters. The highest BCUT2D eigenvalue weighted by Crippen LogP contribution is 2.21. The minimum absolute atomic E-state index is 0. The van der Waals surface area contributed by atoms with Gasteiger partial charge in [-0.3, -0.25) is 4.79 Å². The molecular weight excluding hydrogens is 274 g/mol. The van der Waals surface area contributed by atoms with Crippen LogP contribution in [0, 0.1) is 12.8 Å². The van der Waals surface area contributed by atoms with E-state index in [4.69, 9.17) is 0 Å². The SMILES string of the molecule is CNCCC1CCN(C(=O)c2ccc(C)n2C)CC1.Cl. The summed E-state index contributed by atoms with van der Waals surface area (Å²) in [5.41, 5.74) is 1.94. The molecule has 0 bridgehead atoms. The number of rotatable bonds is 4. The van der Waals surface area contributed by atoms with Crippen molar-refractivity contribution in [1.29, 1.82) is 0 Å². The van der Waals surface area contributed by atoms with E-state index in [2.05, 4.69) is 5.32 Å². The van der Waals surface area contributed by atoms with Gasteiger partial charge in [-0.1, -0.05) is 0 Å². The smallest absolute Gasteiger partial charge is 0.270 e. The number of halogens is 1. The van der Waals surface area contributed by atoms with Gasteiger partial charge in [0.1, 0.15) is 5.69 Å². The largest absolute Gasteiger partial charge is 0.344 e. The average Bonchev–Trinajstić information content (AvgIpc) is 2.76. The van der Waals surface area contributed by atoms with Gasteiger partial charge in [-0.2, -0.15) is 0 Å². The Morgan fingerprint density at radius 3 is 2.50 bits per heavy atom. The van der Waals surface area contributed by atoms with Crippen LogP contribution in [0.2, 0.25) is 0 Å². The lowest BCUT2D eigenvalue weighted by molar-refractivity contribution is 0.0677. The molecule has 0 aliphatic carbocycles. The van der Waals surface area contributed by atoms with Gasteiger partial charge in [0.15, 0.2) is 0 Å². The Hall–Kier alpha value is -1.00. The fourth-order valence-corrected chi connectivity index (χ4v) is 2.76. The summed E-state index contributed by atoms with van der Waals surface area (Å²) in [6.07, 6.45) is 3.50. The lowest BCUT2D eigenvalue weighted by atomic mass is 9.93. The summed E-state index contributed by atoms with van der Waals surface area (Å²) in [6, 6.07) is 3.94. The summed E-state index contributed by atoms with van der Waals surface area (Å²) >= 11 is 0. The highest BCUT2D eigenvalue weighted by atomic mass is 35.5. The zero-order valence-corrected chi connectivity index (χ0v) is 13.5. The Balaban J connectivity index is 0.00000200. The van der Waals surface area contributed by atoms with Crippen molar-refractivity contribution in [2.45, 2.75) is 26.2 Å². The minimum atomic E-state index is 0. The van der Waals surface area contributed by atoms with Crippen molar-refractivity contribution in [2.24, 2.45) is 13.0 Å². The molecule has 0 atom stereocenters. The van der Waals surface area contributed by atoms with Crippen molar-refractivity contribution in [3.05, 3.63) is 23.5 Å². The van der Waals surface area contributed by atoms with Gasteiger partial charge in [-0.05, 0) is 57.8 Å². The first-order valence-corrected chi connectivity index (χ1v) is 7.19. The Kier molecular flexibility index (Phi) is 6.56. The van der Waals surface area contributed by atoms with Crippen LogP contribution in [-0.4, -0.2) is 42.1 Å². The maximum absolute atomic E-state index is 12.4. The fraction of sp³-hybridized carbons (Fsp3) is 0.667. The molecule has 20 heavy (non-hydrogen) atoms. The van der Waals surface area contributed by atoms with Crippen LogP contribution >= 0.6 is 12.4 Å². The third-order valence-electron chi connectivity index (χ3n) is 4.30. The molecule has 1 saturated heterocycles. The molecule has 1 aliphatic heterocycles. The number of carbonyl (C=O) groups excluding carboxylic acids is 1. The Morgan fingerprint density at radius 1 is 1.35 bits per heavy atom. The van der Waals surface area contributed by atoms with Crippen LogP contribution in [-0.2, 0) is 7.05 Å². The maximum Gasteiger partial charge on any atom is 0.270 e. The Labute approximate surface area is 127 Å². The number of likely N-dealkylation sites (tertiary alicyclic amines) is 1. The molecule has 114 valence electrons. The highest BCUT2D eigenvalue weighted by Gasteiger charge is 2.24. The molecule has 0 spiro atoms. The Bertz CT molecular complexity index is 436. The molecule has 1 fully saturated rings. The summed E-state index contributed by atoms with van der Waals surface area (Å²) in [5, 5.41) is 3.20. The van der Waals surface area contributed by atoms with Crippen LogP contribution < -0.4 is 5.32 Å². The van der Waals surface area contributed by atoms with Gasteiger partial charge in [0.05, 0.1) is 0 Å². The molecule has 0 radical (unpaired) electrons. The summed E-state index contributed by atoms with van der Waals surface area (Å²) < 4.78 is 1.98. The molecule has 1 amide bonds. The second kappa shape index (κ2) is 7.70. The molecule has 1 N–H and O–H groups in total. The van der Waals surface area contributed by atoms with Gasteiger partial charge in [0.2, 0.25) is 0 Å². The van der Waals surface area contributed by atoms with Crippen molar-refractivity contribution < 1.29 is 4.79 Å². The predicted octanol–water partition coefficient (Wildman–Crippen LogP) is 2.22. The van der Waals surface area contributed by atoms with Crippen molar-refractivity contribution in [2.75, 3.05) is 26.7 Å². The molecule has 2 heterocycles. The third kappa shape index (κ3) is 3.76. The van der Waals surface area contributed by atoms with E-state index in [1.807, 2.05) is 42.6 Å². The van der Waals surface area contributed by atoms with E-state index in [-0.39, 0.29) is 18.3 Å². The van der Waals surface area contributed by atoms with Gasteiger partial charge in [0, 0.05) is 25.8 Å². The summed E-state index contributed by atoms with van der Waals surface area (Å²) in [7, 11) is 3.96. The van der Waals surface area contributed by atoms with E-state index in [0.29, 0.717) is 0 Å². The first kappa shape index (κ1) is 17.1. The van der Waals surface area contributed by atoms with E-state index in [1.54, 1.807) is 0 Å². The normalized spacial score (nSPS) is 16.1. The molecule has 4 nitrogen and oxygen atoms in total. The number of nitrogens with one attached hydrogen (secondary N) is 1. The van der Waals surface area contributed by atoms with Crippen molar-refractivity contribution in [3.63, 3.8) is 0 Å². The van der Waals surface area contributed by atoms with Crippen molar-refractivity contribution >= 4 is 18.3 Å². The number of piperidine rings is 1. The van der Waals surface area contributed by atoms with Crippen molar-refractivity contribution in [3.8, 4) is 0 Å². The first-order chi connectivity index (χ1) is 9.13. The van der Waals surface area contributed by atoms with Crippen LogP contribution in [0.25, 0.3) is 0 Å². The lowest BCUT2D eigenvalue weighted by Gasteiger charge is -2.32. The van der Waals surface area contributed by atoms with Gasteiger partial charge < -0.3 is 14.8 Å². The van der Waals surface area contributed by atoms with Crippen LogP contribution in [0.4, 0.5) is 0 Å². The summed E-state index contributed by atoms with van der Waals surface area (Å²) in [5.74, 6) is 0.953. The highest BCUT2D eigenvalue weighted by molar-refractivity contribution is 5.93. The molecule has 2 rings (SSSR count). The quantitative estimate of drug-likeness (QED) is 0.925. The summed E-state index contributed by atoms with van der Waals surface area (Å²) in [4.78, 5) is 14.5. The molecule has 1 aromatic heterocycles. The van der Waals surface area contributed by atoms with Crippen molar-refractivity contribution in [1.82, 2.24) is 14.8 Å². The molecule has 0 saturated carbocycles. The number of hydrogen-bond acceptors (Lipinski definition) is 2. The second-order valence-electron chi connectivity index (χ2n) is 5.55. The van der Waals surface area contributed by atoms with E-state index < -0.39 is 0 Å². The van der Waals surface area contributed by atoms with Gasteiger partial charge in [0.25, 0.3) is 5.91 Å². The standard InChI is InChI=1S/C15H25N3O.ClH/c1-12-4-5-14(17(12)3)15(19)18-10-7-13(8-11-18)6-9-16-2;/h4-5,13,16H,6-11H2,1-3H3;1H. The number of aromatic nitrogens is 1. The molecule has 1 aliphatic rings. The fourth-order valence-electron chi connectivity index (χ4n) is 2.76. The zero-order chi connectivity index (χ0) is 13.8. The van der Waals surface area contributed by atoms with Crippen LogP contribution in [0.5, 0.6) is 0 Å². The van der Waals surface area contributed by atoms with E-state index in [9.17, 15) is 4.79 Å². The second-order valence-corrected chi connectivity index (χ2v) is 5.55. The van der Waals surface area contributed by atoms with E-state index in [0.717, 1.165) is 49.8 Å². The third-order valence-corrected chi connectivity index (χ3v) is 4.30. The van der Waals surface area contributed by atoms with Crippen LogP contribution in [0.15, 0.2) is 12.1 Å². The van der Waals surface area contributed by atoms with E-state index >= 15 is 0 Å². The van der Waals surface area contributed by atoms with Gasteiger partial charge in [-0.25, -0.2) is 0 Å². The molecule has 5 heteroatoms.